The molecule has 148 valence electrons. The van der Waals surface area contributed by atoms with Crippen LogP contribution < -0.4 is 20.5 Å². The van der Waals surface area contributed by atoms with Gasteiger partial charge in [0, 0.05) is 20.1 Å². The van der Waals surface area contributed by atoms with Gasteiger partial charge in [0.2, 0.25) is 10.0 Å². The number of rotatable bonds is 7. The van der Waals surface area contributed by atoms with Crippen molar-refractivity contribution < 1.29 is 13.2 Å². The number of halogens is 1. The van der Waals surface area contributed by atoms with Gasteiger partial charge in [-0.25, -0.2) is 13.6 Å². The number of nitrogens with two attached hydrogens (primary N) is 1. The molecule has 9 heteroatoms. The highest BCUT2D eigenvalue weighted by Crippen LogP contribution is 2.11. The molecular weight excluding hydrogens is 479 g/mol. The molecule has 0 saturated heterocycles. The molecular formula is C18H25IN4O3S. The van der Waals surface area contributed by atoms with Gasteiger partial charge in [-0.2, -0.15) is 0 Å². The fourth-order valence-electron chi connectivity index (χ4n) is 2.32. The number of ether oxygens (including phenoxy) is 1. The van der Waals surface area contributed by atoms with Crippen LogP contribution in [0.1, 0.15) is 11.1 Å². The van der Waals surface area contributed by atoms with Crippen LogP contribution in [0, 0.1) is 0 Å². The molecule has 0 aliphatic carbocycles. The Kier molecular flexibility index (Phi) is 9.53. The summed E-state index contributed by atoms with van der Waals surface area (Å²) >= 11 is 0. The molecule has 7 nitrogen and oxygen atoms in total. The number of benzene rings is 2. The lowest BCUT2D eigenvalue weighted by Gasteiger charge is -2.12. The minimum atomic E-state index is -3.66. The molecule has 0 heterocycles. The Balaban J connectivity index is 0.00000364. The first-order chi connectivity index (χ1) is 12.4. The van der Waals surface area contributed by atoms with Crippen molar-refractivity contribution in [3.05, 3.63) is 59.7 Å². The summed E-state index contributed by atoms with van der Waals surface area (Å²) in [4.78, 5) is 4.28. The second-order valence-corrected chi connectivity index (χ2v) is 7.20. The predicted molar refractivity (Wildman–Crippen MR) is 118 cm³/mol. The summed E-state index contributed by atoms with van der Waals surface area (Å²) in [6.45, 7) is 1.25. The topological polar surface area (TPSA) is 106 Å². The van der Waals surface area contributed by atoms with Crippen LogP contribution in [0.2, 0.25) is 0 Å². The first-order valence-corrected chi connectivity index (χ1v) is 9.66. The van der Waals surface area contributed by atoms with Gasteiger partial charge in [0.05, 0.1) is 12.0 Å². The fourth-order valence-corrected chi connectivity index (χ4v) is 2.84. The summed E-state index contributed by atoms with van der Waals surface area (Å²) in [6.07, 6.45) is 0.855. The predicted octanol–water partition coefficient (Wildman–Crippen LogP) is 1.87. The lowest BCUT2D eigenvalue weighted by molar-refractivity contribution is 0.414. The van der Waals surface area contributed by atoms with Crippen molar-refractivity contribution in [2.75, 3.05) is 20.7 Å². The molecule has 0 saturated carbocycles. The molecule has 4 N–H and O–H groups in total. The second kappa shape index (κ2) is 11.1. The summed E-state index contributed by atoms with van der Waals surface area (Å²) in [6, 6.07) is 14.4. The van der Waals surface area contributed by atoms with Crippen LogP contribution in [0.4, 0.5) is 0 Å². The SMILES string of the molecule is CN=C(NCCc1ccc(OC)cc1)NCc1ccc(S(N)(=O)=O)cc1.I. The van der Waals surface area contributed by atoms with Crippen molar-refractivity contribution in [3.63, 3.8) is 0 Å². The normalized spacial score (nSPS) is 11.4. The number of methoxy groups -OCH3 is 1. The molecule has 0 aliphatic rings. The first kappa shape index (κ1) is 23.2. The lowest BCUT2D eigenvalue weighted by Crippen LogP contribution is -2.37. The molecule has 0 spiro atoms. The number of nitrogens with zero attached hydrogens (tertiary/aromatic N) is 1. The quantitative estimate of drug-likeness (QED) is 0.303. The van der Waals surface area contributed by atoms with E-state index in [4.69, 9.17) is 9.88 Å². The first-order valence-electron chi connectivity index (χ1n) is 8.11. The van der Waals surface area contributed by atoms with E-state index in [9.17, 15) is 8.42 Å². The minimum Gasteiger partial charge on any atom is -0.497 e. The Labute approximate surface area is 177 Å². The highest BCUT2D eigenvalue weighted by Gasteiger charge is 2.07. The molecule has 2 aromatic rings. The van der Waals surface area contributed by atoms with Crippen LogP contribution in [0.5, 0.6) is 5.75 Å². The molecule has 0 aromatic heterocycles. The highest BCUT2D eigenvalue weighted by atomic mass is 127. The van der Waals surface area contributed by atoms with Crippen molar-refractivity contribution >= 4 is 40.0 Å². The monoisotopic (exact) mass is 504 g/mol. The Hall–Kier alpha value is -1.85. The smallest absolute Gasteiger partial charge is 0.238 e. The van der Waals surface area contributed by atoms with Crippen LogP contribution in [-0.2, 0) is 23.0 Å². The number of nitrogens with one attached hydrogen (secondary N) is 2. The van der Waals surface area contributed by atoms with E-state index in [1.165, 1.54) is 17.7 Å². The maximum absolute atomic E-state index is 11.3. The van der Waals surface area contributed by atoms with E-state index in [1.807, 2.05) is 24.3 Å². The summed E-state index contributed by atoms with van der Waals surface area (Å²) in [5.41, 5.74) is 2.13. The van der Waals surface area contributed by atoms with Crippen LogP contribution in [0.25, 0.3) is 0 Å². The van der Waals surface area contributed by atoms with Crippen LogP contribution >= 0.6 is 24.0 Å². The molecule has 27 heavy (non-hydrogen) atoms. The maximum atomic E-state index is 11.3. The van der Waals surface area contributed by atoms with Gasteiger partial charge in [-0.05, 0) is 41.8 Å². The molecule has 0 amide bonds. The third kappa shape index (κ3) is 7.73. The Morgan fingerprint density at radius 3 is 2.15 bits per heavy atom. The van der Waals surface area contributed by atoms with Crippen molar-refractivity contribution in [3.8, 4) is 5.75 Å². The fraction of sp³-hybridized carbons (Fsp3) is 0.278. The van der Waals surface area contributed by atoms with Crippen LogP contribution in [0.3, 0.4) is 0 Å². The second-order valence-electron chi connectivity index (χ2n) is 5.64. The Bertz CT molecular complexity index is 838. The average molecular weight is 504 g/mol. The molecule has 0 unspecified atom stereocenters. The van der Waals surface area contributed by atoms with Gasteiger partial charge < -0.3 is 15.4 Å². The summed E-state index contributed by atoms with van der Waals surface area (Å²) < 4.78 is 27.7. The van der Waals surface area contributed by atoms with E-state index < -0.39 is 10.0 Å². The van der Waals surface area contributed by atoms with E-state index in [1.54, 1.807) is 26.3 Å². The number of hydrogen-bond donors (Lipinski definition) is 3. The van der Waals surface area contributed by atoms with E-state index in [-0.39, 0.29) is 28.9 Å². The van der Waals surface area contributed by atoms with Crippen LogP contribution in [0.15, 0.2) is 58.4 Å². The molecule has 0 atom stereocenters. The molecule has 0 fully saturated rings. The largest absolute Gasteiger partial charge is 0.497 e. The van der Waals surface area contributed by atoms with E-state index in [0.717, 1.165) is 24.3 Å². The van der Waals surface area contributed by atoms with Crippen LogP contribution in [-0.4, -0.2) is 35.1 Å². The summed E-state index contributed by atoms with van der Waals surface area (Å²) in [5, 5.41) is 11.5. The highest BCUT2D eigenvalue weighted by molar-refractivity contribution is 14.0. The van der Waals surface area contributed by atoms with Gasteiger partial charge in [-0.1, -0.05) is 24.3 Å². The molecule has 0 bridgehead atoms. The van der Waals surface area contributed by atoms with Gasteiger partial charge in [0.1, 0.15) is 5.75 Å². The van der Waals surface area contributed by atoms with Crippen molar-refractivity contribution in [2.24, 2.45) is 10.1 Å². The van der Waals surface area contributed by atoms with Crippen molar-refractivity contribution in [2.45, 2.75) is 17.9 Å². The zero-order valence-electron chi connectivity index (χ0n) is 15.3. The van der Waals surface area contributed by atoms with E-state index in [2.05, 4.69) is 15.6 Å². The molecule has 0 aliphatic heterocycles. The Morgan fingerprint density at radius 2 is 1.63 bits per heavy atom. The number of primary sulfonamides is 1. The van der Waals surface area contributed by atoms with Gasteiger partial charge >= 0.3 is 0 Å². The standard InChI is InChI=1S/C18H24N4O3S.HI/c1-20-18(21-12-11-14-3-7-16(25-2)8-4-14)22-13-15-5-9-17(10-6-15)26(19,23)24;/h3-10H,11-13H2,1-2H3,(H2,19,23,24)(H2,20,21,22);1H. The summed E-state index contributed by atoms with van der Waals surface area (Å²) in [5.74, 6) is 1.52. The third-order valence-corrected chi connectivity index (χ3v) is 4.73. The van der Waals surface area contributed by atoms with Crippen molar-refractivity contribution in [1.29, 1.82) is 0 Å². The van der Waals surface area contributed by atoms with E-state index >= 15 is 0 Å². The van der Waals surface area contributed by atoms with Gasteiger partial charge in [0.25, 0.3) is 0 Å². The number of hydrogen-bond acceptors (Lipinski definition) is 4. The molecule has 0 radical (unpaired) electrons. The maximum Gasteiger partial charge on any atom is 0.238 e. The lowest BCUT2D eigenvalue weighted by atomic mass is 10.1. The number of guanidine groups is 1. The van der Waals surface area contributed by atoms with Gasteiger partial charge in [0.15, 0.2) is 5.96 Å². The zero-order chi connectivity index (χ0) is 19.0. The Morgan fingerprint density at radius 1 is 1.04 bits per heavy atom. The van der Waals surface area contributed by atoms with Gasteiger partial charge in [-0.15, -0.1) is 24.0 Å². The summed E-state index contributed by atoms with van der Waals surface area (Å²) in [7, 11) is -0.314. The zero-order valence-corrected chi connectivity index (χ0v) is 18.5. The minimum absolute atomic E-state index is 0. The molecule has 2 aromatic carbocycles. The van der Waals surface area contributed by atoms with E-state index in [0.29, 0.717) is 12.5 Å². The number of sulfonamides is 1. The molecule has 2 rings (SSSR count). The third-order valence-electron chi connectivity index (χ3n) is 3.80. The number of aliphatic imine (C=N–C) groups is 1. The van der Waals surface area contributed by atoms with Gasteiger partial charge in [-0.3, -0.25) is 4.99 Å². The average Bonchev–Trinajstić information content (AvgIpc) is 2.64. The van der Waals surface area contributed by atoms with Crippen molar-refractivity contribution in [1.82, 2.24) is 10.6 Å².